The Hall–Kier alpha value is -2.47. The number of rotatable bonds is 2. The predicted octanol–water partition coefficient (Wildman–Crippen LogP) is 3.80. The summed E-state index contributed by atoms with van der Waals surface area (Å²) >= 11 is 1.65. The highest BCUT2D eigenvalue weighted by atomic mass is 32.2. The molecular formula is C19H19N3O2S. The summed E-state index contributed by atoms with van der Waals surface area (Å²) in [5.74, 6) is 2.34. The fourth-order valence-corrected chi connectivity index (χ4v) is 3.60. The van der Waals surface area contributed by atoms with Gasteiger partial charge in [-0.15, -0.1) is 0 Å². The molecule has 2 aromatic carbocycles. The molecule has 0 atom stereocenters. The number of thioether (sulfide) groups is 1. The van der Waals surface area contributed by atoms with Gasteiger partial charge in [-0.3, -0.25) is 5.43 Å². The van der Waals surface area contributed by atoms with E-state index in [4.69, 9.17) is 14.5 Å². The summed E-state index contributed by atoms with van der Waals surface area (Å²) in [6, 6.07) is 12.1. The van der Waals surface area contributed by atoms with Crippen LogP contribution in [0.4, 0.5) is 5.69 Å². The SMILES string of the molecule is Cc1cccc(C)c1N=C1NN=C(c2ccc3c(c2)OCCO3)CS1. The van der Waals surface area contributed by atoms with E-state index in [0.29, 0.717) is 13.2 Å². The molecule has 6 heteroatoms. The summed E-state index contributed by atoms with van der Waals surface area (Å²) in [7, 11) is 0. The second kappa shape index (κ2) is 6.80. The minimum Gasteiger partial charge on any atom is -0.486 e. The lowest BCUT2D eigenvalue weighted by atomic mass is 10.1. The van der Waals surface area contributed by atoms with Gasteiger partial charge in [0, 0.05) is 11.3 Å². The summed E-state index contributed by atoms with van der Waals surface area (Å²) in [5.41, 5.74) is 8.43. The number of ether oxygens (including phenoxy) is 2. The molecule has 0 unspecified atom stereocenters. The van der Waals surface area contributed by atoms with E-state index in [1.807, 2.05) is 24.3 Å². The lowest BCUT2D eigenvalue weighted by Gasteiger charge is -2.20. The molecule has 5 nitrogen and oxygen atoms in total. The highest BCUT2D eigenvalue weighted by Gasteiger charge is 2.17. The van der Waals surface area contributed by atoms with Crippen LogP contribution >= 0.6 is 11.8 Å². The fourth-order valence-electron chi connectivity index (χ4n) is 2.83. The Morgan fingerprint density at radius 3 is 2.52 bits per heavy atom. The van der Waals surface area contributed by atoms with E-state index in [2.05, 4.69) is 36.5 Å². The maximum Gasteiger partial charge on any atom is 0.182 e. The van der Waals surface area contributed by atoms with Crippen molar-refractivity contribution in [1.29, 1.82) is 0 Å². The number of aryl methyl sites for hydroxylation is 2. The Kier molecular flexibility index (Phi) is 4.36. The second-order valence-corrected chi connectivity index (χ2v) is 6.94. The molecule has 25 heavy (non-hydrogen) atoms. The number of amidine groups is 1. The Morgan fingerprint density at radius 2 is 1.80 bits per heavy atom. The highest BCUT2D eigenvalue weighted by Crippen LogP contribution is 2.32. The van der Waals surface area contributed by atoms with Gasteiger partial charge in [-0.25, -0.2) is 4.99 Å². The van der Waals surface area contributed by atoms with Crippen LogP contribution in [-0.2, 0) is 0 Å². The van der Waals surface area contributed by atoms with Crippen LogP contribution in [0.15, 0.2) is 46.5 Å². The van der Waals surface area contributed by atoms with Crippen molar-refractivity contribution in [1.82, 2.24) is 5.43 Å². The van der Waals surface area contributed by atoms with Crippen LogP contribution in [0.2, 0.25) is 0 Å². The van der Waals surface area contributed by atoms with Crippen LogP contribution < -0.4 is 14.9 Å². The smallest absolute Gasteiger partial charge is 0.182 e. The number of para-hydroxylation sites is 1. The summed E-state index contributed by atoms with van der Waals surface area (Å²) in [6.07, 6.45) is 0. The van der Waals surface area contributed by atoms with Gasteiger partial charge in [0.15, 0.2) is 16.7 Å². The molecule has 2 heterocycles. The number of aliphatic imine (C=N–C) groups is 1. The molecule has 0 fully saturated rings. The first-order valence-corrected chi connectivity index (χ1v) is 9.19. The van der Waals surface area contributed by atoms with Crippen molar-refractivity contribution in [3.63, 3.8) is 0 Å². The second-order valence-electron chi connectivity index (χ2n) is 5.97. The van der Waals surface area contributed by atoms with Crippen molar-refractivity contribution in [3.05, 3.63) is 53.1 Å². The van der Waals surface area contributed by atoms with E-state index in [0.717, 1.165) is 50.5 Å². The van der Waals surface area contributed by atoms with E-state index in [1.165, 1.54) is 0 Å². The number of nitrogens with zero attached hydrogens (tertiary/aromatic N) is 2. The van der Waals surface area contributed by atoms with Crippen molar-refractivity contribution in [3.8, 4) is 11.5 Å². The van der Waals surface area contributed by atoms with E-state index >= 15 is 0 Å². The molecule has 0 aromatic heterocycles. The number of hydrogen-bond donors (Lipinski definition) is 1. The van der Waals surface area contributed by atoms with Gasteiger partial charge in [0.2, 0.25) is 0 Å². The van der Waals surface area contributed by atoms with Gasteiger partial charge >= 0.3 is 0 Å². The largest absolute Gasteiger partial charge is 0.486 e. The summed E-state index contributed by atoms with van der Waals surface area (Å²) < 4.78 is 11.2. The van der Waals surface area contributed by atoms with Gasteiger partial charge in [-0.05, 0) is 43.2 Å². The first-order chi connectivity index (χ1) is 12.2. The molecule has 0 radical (unpaired) electrons. The number of nitrogens with one attached hydrogen (secondary N) is 1. The first-order valence-electron chi connectivity index (χ1n) is 8.21. The van der Waals surface area contributed by atoms with Gasteiger partial charge in [0.05, 0.1) is 11.4 Å². The van der Waals surface area contributed by atoms with Crippen molar-refractivity contribution in [2.24, 2.45) is 10.1 Å². The van der Waals surface area contributed by atoms with Crippen LogP contribution in [0, 0.1) is 13.8 Å². The average molecular weight is 353 g/mol. The lowest BCUT2D eigenvalue weighted by molar-refractivity contribution is 0.171. The van der Waals surface area contributed by atoms with E-state index in [9.17, 15) is 0 Å². The molecule has 2 aliphatic heterocycles. The molecule has 0 saturated heterocycles. The van der Waals surface area contributed by atoms with Gasteiger partial charge in [0.1, 0.15) is 13.2 Å². The van der Waals surface area contributed by atoms with Crippen molar-refractivity contribution < 1.29 is 9.47 Å². The zero-order valence-electron chi connectivity index (χ0n) is 14.2. The molecule has 2 aliphatic rings. The van der Waals surface area contributed by atoms with Crippen molar-refractivity contribution in [2.45, 2.75) is 13.8 Å². The van der Waals surface area contributed by atoms with E-state index < -0.39 is 0 Å². The van der Waals surface area contributed by atoms with Crippen LogP contribution in [-0.4, -0.2) is 29.8 Å². The molecule has 2 aromatic rings. The van der Waals surface area contributed by atoms with Crippen LogP contribution in [0.5, 0.6) is 11.5 Å². The van der Waals surface area contributed by atoms with Gasteiger partial charge < -0.3 is 9.47 Å². The van der Waals surface area contributed by atoms with E-state index in [-0.39, 0.29) is 0 Å². The Morgan fingerprint density at radius 1 is 1.04 bits per heavy atom. The Balaban J connectivity index is 1.55. The summed E-state index contributed by atoms with van der Waals surface area (Å²) in [6.45, 7) is 5.33. The molecule has 128 valence electrons. The zero-order valence-corrected chi connectivity index (χ0v) is 15.0. The molecule has 0 spiro atoms. The minimum atomic E-state index is 0.586. The third-order valence-electron chi connectivity index (χ3n) is 4.16. The molecule has 0 bridgehead atoms. The maximum absolute atomic E-state index is 5.65. The summed E-state index contributed by atoms with van der Waals surface area (Å²) in [5, 5.41) is 5.32. The van der Waals surface area contributed by atoms with Gasteiger partial charge in [0.25, 0.3) is 0 Å². The highest BCUT2D eigenvalue weighted by molar-refractivity contribution is 8.14. The average Bonchev–Trinajstić information content (AvgIpc) is 2.65. The number of hydrazone groups is 1. The number of benzene rings is 2. The maximum atomic E-state index is 5.65. The Bertz CT molecular complexity index is 857. The number of hydrogen-bond acceptors (Lipinski definition) is 5. The van der Waals surface area contributed by atoms with Crippen molar-refractivity contribution in [2.75, 3.05) is 19.0 Å². The Labute approximate surface area is 151 Å². The van der Waals surface area contributed by atoms with Gasteiger partial charge in [-0.2, -0.15) is 5.10 Å². The topological polar surface area (TPSA) is 55.2 Å². The molecule has 0 aliphatic carbocycles. The third kappa shape index (κ3) is 3.35. The molecule has 0 amide bonds. The first kappa shape index (κ1) is 16.0. The summed E-state index contributed by atoms with van der Waals surface area (Å²) in [4.78, 5) is 4.73. The van der Waals surface area contributed by atoms with Crippen LogP contribution in [0.3, 0.4) is 0 Å². The predicted molar refractivity (Wildman–Crippen MR) is 103 cm³/mol. The van der Waals surface area contributed by atoms with E-state index in [1.54, 1.807) is 11.8 Å². The normalized spacial score (nSPS) is 17.8. The van der Waals surface area contributed by atoms with Gasteiger partial charge in [-0.1, -0.05) is 30.0 Å². The standard InChI is InChI=1S/C19H19N3O2S/c1-12-4-3-5-13(2)18(12)20-19-22-21-15(11-25-19)14-6-7-16-17(10-14)24-9-8-23-16/h3-7,10H,8-9,11H2,1-2H3,(H,20,22). The quantitative estimate of drug-likeness (QED) is 0.892. The van der Waals surface area contributed by atoms with Crippen molar-refractivity contribution >= 4 is 28.3 Å². The fraction of sp³-hybridized carbons (Fsp3) is 0.263. The lowest BCUT2D eigenvalue weighted by Crippen LogP contribution is -2.25. The number of fused-ring (bicyclic) bond motifs is 1. The van der Waals surface area contributed by atoms with Crippen LogP contribution in [0.1, 0.15) is 16.7 Å². The molecule has 4 rings (SSSR count). The molecule has 1 N–H and O–H groups in total. The zero-order chi connectivity index (χ0) is 17.2. The monoisotopic (exact) mass is 353 g/mol. The third-order valence-corrected chi connectivity index (χ3v) is 5.03. The molecule has 0 saturated carbocycles. The van der Waals surface area contributed by atoms with Crippen LogP contribution in [0.25, 0.3) is 0 Å². The minimum absolute atomic E-state index is 0.586. The molecular weight excluding hydrogens is 334 g/mol.